The van der Waals surface area contributed by atoms with Gasteiger partial charge < -0.3 is 4.74 Å². The minimum Gasteiger partial charge on any atom is -0.367 e. The van der Waals surface area contributed by atoms with Crippen LogP contribution < -0.4 is 0 Å². The highest BCUT2D eigenvalue weighted by atomic mass is 32.2. The van der Waals surface area contributed by atoms with E-state index in [1.54, 1.807) is 11.8 Å². The first-order chi connectivity index (χ1) is 13.3. The minimum atomic E-state index is 0.133. The third-order valence-corrected chi connectivity index (χ3v) is 5.75. The molecule has 0 aromatic rings. The number of ether oxygens (including phenoxy) is 1. The summed E-state index contributed by atoms with van der Waals surface area (Å²) in [4.78, 5) is 0. The normalized spacial score (nSPS) is 20.5. The molecular weight excluding hydrogens is 360 g/mol. The molecule has 158 valence electrons. The van der Waals surface area contributed by atoms with E-state index in [1.807, 2.05) is 0 Å². The molecule has 0 aliphatic carbocycles. The summed E-state index contributed by atoms with van der Waals surface area (Å²) in [6.45, 7) is 11.2. The first-order valence-corrected chi connectivity index (χ1v) is 12.1. The van der Waals surface area contributed by atoms with Crippen LogP contribution in [-0.4, -0.2) is 18.0 Å². The summed E-state index contributed by atoms with van der Waals surface area (Å²) in [5, 5.41) is 2.11. The summed E-state index contributed by atoms with van der Waals surface area (Å²) in [6.07, 6.45) is 25.6. The Bertz CT molecular complexity index is 590. The van der Waals surface area contributed by atoms with Crippen molar-refractivity contribution in [1.82, 2.24) is 0 Å². The van der Waals surface area contributed by atoms with Crippen LogP contribution in [-0.2, 0) is 4.74 Å². The second kappa shape index (κ2) is 14.1. The number of epoxide rings is 1. The maximum Gasteiger partial charge on any atom is 0.0892 e. The first-order valence-electron chi connectivity index (χ1n) is 10.8. The predicted octanol–water partition coefficient (Wildman–Crippen LogP) is 8.56. The average Bonchev–Trinajstić information content (AvgIpc) is 3.26. The highest BCUT2D eigenvalue weighted by molar-refractivity contribution is 8.01. The van der Waals surface area contributed by atoms with E-state index in [0.717, 1.165) is 25.7 Å². The Balaban J connectivity index is 2.12. The van der Waals surface area contributed by atoms with Gasteiger partial charge in [-0.1, -0.05) is 53.2 Å². The van der Waals surface area contributed by atoms with E-state index in [4.69, 9.17) is 4.74 Å². The van der Waals surface area contributed by atoms with Crippen molar-refractivity contribution in [3.8, 4) is 0 Å². The van der Waals surface area contributed by atoms with Crippen molar-refractivity contribution in [3.63, 3.8) is 0 Å². The second-order valence-corrected chi connectivity index (χ2v) is 9.29. The van der Waals surface area contributed by atoms with Gasteiger partial charge in [-0.15, -0.1) is 11.8 Å². The number of allylic oxidation sites excluding steroid dienone is 9. The van der Waals surface area contributed by atoms with Crippen molar-refractivity contribution in [2.45, 2.75) is 97.7 Å². The molecule has 1 saturated heterocycles. The average molecular weight is 403 g/mol. The zero-order valence-electron chi connectivity index (χ0n) is 19.1. The molecule has 0 radical (unpaired) electrons. The van der Waals surface area contributed by atoms with Gasteiger partial charge in [-0.25, -0.2) is 0 Å². The van der Waals surface area contributed by atoms with Crippen molar-refractivity contribution in [2.75, 3.05) is 6.26 Å². The van der Waals surface area contributed by atoms with Crippen molar-refractivity contribution in [2.24, 2.45) is 0 Å². The van der Waals surface area contributed by atoms with Gasteiger partial charge in [0.1, 0.15) is 0 Å². The van der Waals surface area contributed by atoms with Gasteiger partial charge in [0, 0.05) is 0 Å². The van der Waals surface area contributed by atoms with Gasteiger partial charge in [0.2, 0.25) is 0 Å². The van der Waals surface area contributed by atoms with Crippen molar-refractivity contribution >= 4 is 11.8 Å². The SMILES string of the molecule is CS/C=C/C=C/CC/C(C)=C/CC/C=C(\C)CC/C=C(\C)CCC1OC1(C)C. The predicted molar refractivity (Wildman–Crippen MR) is 129 cm³/mol. The summed E-state index contributed by atoms with van der Waals surface area (Å²) in [6, 6.07) is 0. The lowest BCUT2D eigenvalue weighted by molar-refractivity contribution is 0.320. The summed E-state index contributed by atoms with van der Waals surface area (Å²) in [7, 11) is 0. The molecule has 1 aliphatic heterocycles. The molecule has 2 heteroatoms. The summed E-state index contributed by atoms with van der Waals surface area (Å²) >= 11 is 1.74. The highest BCUT2D eigenvalue weighted by Crippen LogP contribution is 2.38. The molecule has 0 aromatic heterocycles. The zero-order valence-corrected chi connectivity index (χ0v) is 19.9. The number of rotatable bonds is 14. The molecular formula is C26H42OS. The van der Waals surface area contributed by atoms with Gasteiger partial charge in [0.15, 0.2) is 0 Å². The molecule has 0 N–H and O–H groups in total. The van der Waals surface area contributed by atoms with E-state index >= 15 is 0 Å². The van der Waals surface area contributed by atoms with Gasteiger partial charge >= 0.3 is 0 Å². The van der Waals surface area contributed by atoms with E-state index in [2.05, 4.69) is 82.7 Å². The van der Waals surface area contributed by atoms with E-state index < -0.39 is 0 Å². The Kier molecular flexibility index (Phi) is 12.6. The van der Waals surface area contributed by atoms with Crippen LogP contribution >= 0.6 is 11.8 Å². The molecule has 0 spiro atoms. The van der Waals surface area contributed by atoms with Gasteiger partial charge in [0.25, 0.3) is 0 Å². The van der Waals surface area contributed by atoms with Crippen LogP contribution in [0.4, 0.5) is 0 Å². The van der Waals surface area contributed by atoms with E-state index in [1.165, 1.54) is 42.4 Å². The lowest BCUT2D eigenvalue weighted by atomic mass is 10.0. The summed E-state index contributed by atoms with van der Waals surface area (Å²) in [5.74, 6) is 0. The van der Waals surface area contributed by atoms with Crippen molar-refractivity contribution in [1.29, 1.82) is 0 Å². The van der Waals surface area contributed by atoms with Gasteiger partial charge in [-0.2, -0.15) is 0 Å². The van der Waals surface area contributed by atoms with Crippen LogP contribution in [0.15, 0.2) is 58.6 Å². The maximum atomic E-state index is 5.66. The smallest absolute Gasteiger partial charge is 0.0892 e. The molecule has 0 amide bonds. The molecule has 1 nitrogen and oxygen atoms in total. The Morgan fingerprint density at radius 3 is 1.93 bits per heavy atom. The van der Waals surface area contributed by atoms with Crippen LogP contribution in [0.25, 0.3) is 0 Å². The molecule has 1 heterocycles. The fourth-order valence-electron chi connectivity index (χ4n) is 3.22. The molecule has 1 atom stereocenters. The Morgan fingerprint density at radius 1 is 0.821 bits per heavy atom. The number of thioether (sulfide) groups is 1. The minimum absolute atomic E-state index is 0.133. The summed E-state index contributed by atoms with van der Waals surface area (Å²) in [5.41, 5.74) is 4.67. The zero-order chi connectivity index (χ0) is 20.8. The van der Waals surface area contributed by atoms with Crippen LogP contribution in [0.5, 0.6) is 0 Å². The van der Waals surface area contributed by atoms with Crippen molar-refractivity contribution in [3.05, 3.63) is 58.6 Å². The van der Waals surface area contributed by atoms with Crippen molar-refractivity contribution < 1.29 is 4.74 Å². The van der Waals surface area contributed by atoms with E-state index in [9.17, 15) is 0 Å². The lowest BCUT2D eigenvalue weighted by Gasteiger charge is -2.02. The fourth-order valence-corrected chi connectivity index (χ4v) is 3.47. The monoisotopic (exact) mass is 402 g/mol. The summed E-state index contributed by atoms with van der Waals surface area (Å²) < 4.78 is 5.66. The molecule has 0 aromatic carbocycles. The molecule has 28 heavy (non-hydrogen) atoms. The third-order valence-electron chi connectivity index (χ3n) is 5.32. The topological polar surface area (TPSA) is 12.5 Å². The van der Waals surface area contributed by atoms with Gasteiger partial charge in [-0.3, -0.25) is 0 Å². The van der Waals surface area contributed by atoms with Crippen LogP contribution in [0, 0.1) is 0 Å². The molecule has 1 rings (SSSR count). The number of unbranched alkanes of at least 4 members (excludes halogenated alkanes) is 1. The van der Waals surface area contributed by atoms with E-state index in [0.29, 0.717) is 6.10 Å². The second-order valence-electron chi connectivity index (χ2n) is 8.55. The van der Waals surface area contributed by atoms with Gasteiger partial charge in [-0.05, 0) is 97.6 Å². The fraction of sp³-hybridized carbons (Fsp3) is 0.615. The van der Waals surface area contributed by atoms with Gasteiger partial charge in [0.05, 0.1) is 11.7 Å². The Hall–Kier alpha value is -0.990. The quantitative estimate of drug-likeness (QED) is 0.125. The molecule has 0 bridgehead atoms. The molecule has 1 fully saturated rings. The first kappa shape index (κ1) is 25.0. The Morgan fingerprint density at radius 2 is 1.36 bits per heavy atom. The third kappa shape index (κ3) is 12.5. The van der Waals surface area contributed by atoms with Crippen LogP contribution in [0.1, 0.15) is 86.0 Å². The standard InChI is InChI=1S/C26H42OS/c1-22(14-9-7-8-12-21-28-6)15-10-11-16-23(2)17-13-18-24(3)19-20-25-26(4,5)27-25/h7-8,12,15-16,18,21,25H,9-11,13-14,17,19-20H2,1-6H3/b8-7+,21-12+,22-15+,23-16+,24-18+. The van der Waals surface area contributed by atoms with E-state index in [-0.39, 0.29) is 5.60 Å². The highest BCUT2D eigenvalue weighted by Gasteiger charge is 2.46. The van der Waals surface area contributed by atoms with Crippen LogP contribution in [0.2, 0.25) is 0 Å². The largest absolute Gasteiger partial charge is 0.367 e. The lowest BCUT2D eigenvalue weighted by Crippen LogP contribution is -2.02. The van der Waals surface area contributed by atoms with Crippen LogP contribution in [0.3, 0.4) is 0 Å². The molecule has 0 saturated carbocycles. The molecule has 1 aliphatic rings. The Labute approximate surface area is 179 Å². The number of hydrogen-bond acceptors (Lipinski definition) is 2. The number of hydrogen-bond donors (Lipinski definition) is 0. The maximum absolute atomic E-state index is 5.66. The molecule has 1 unspecified atom stereocenters.